The molecule has 2 nitrogen and oxygen atoms in total. The summed E-state index contributed by atoms with van der Waals surface area (Å²) in [4.78, 5) is 0. The minimum Gasteiger partial charge on any atom is -0.371 e. The maximum Gasteiger partial charge on any atom is 0.0707 e. The van der Waals surface area contributed by atoms with Crippen molar-refractivity contribution >= 4 is 0 Å². The molecule has 1 N–H and O–H groups in total. The highest BCUT2D eigenvalue weighted by Gasteiger charge is 2.33. The van der Waals surface area contributed by atoms with Gasteiger partial charge in [0.25, 0.3) is 0 Å². The van der Waals surface area contributed by atoms with Gasteiger partial charge < -0.3 is 10.1 Å². The van der Waals surface area contributed by atoms with Crippen LogP contribution in [0.2, 0.25) is 0 Å². The van der Waals surface area contributed by atoms with E-state index in [0.29, 0.717) is 17.6 Å². The minimum absolute atomic E-state index is 0.109. The maximum absolute atomic E-state index is 6.03. The molecule has 2 atom stereocenters. The molecule has 17 heavy (non-hydrogen) atoms. The highest BCUT2D eigenvalue weighted by Crippen LogP contribution is 2.35. The Bertz CT molecular complexity index is 260. The van der Waals surface area contributed by atoms with E-state index in [-0.39, 0.29) is 5.60 Å². The lowest BCUT2D eigenvalue weighted by Gasteiger charge is -2.36. The van der Waals surface area contributed by atoms with Crippen LogP contribution in [0.5, 0.6) is 0 Å². The molecule has 0 aromatic rings. The monoisotopic (exact) mass is 239 g/mol. The van der Waals surface area contributed by atoms with Crippen LogP contribution in [0.4, 0.5) is 0 Å². The molecule has 0 aromatic heterocycles. The molecule has 0 radical (unpaired) electrons. The smallest absolute Gasteiger partial charge is 0.0707 e. The molecule has 0 spiro atoms. The van der Waals surface area contributed by atoms with Gasteiger partial charge in [-0.25, -0.2) is 0 Å². The summed E-state index contributed by atoms with van der Waals surface area (Å²) in [5.41, 5.74) is 0.643. The average molecular weight is 239 g/mol. The standard InChI is InChI=1S/C15H29NO/c1-14(2)8-5-6-12(10-14)16-11-13-7-9-15(3,4)17-13/h12-13,16H,5-11H2,1-4H3. The molecular formula is C15H29NO. The summed E-state index contributed by atoms with van der Waals surface area (Å²) in [6.45, 7) is 10.3. The normalized spacial score (nSPS) is 36.0. The van der Waals surface area contributed by atoms with E-state index in [1.807, 2.05) is 0 Å². The third-order valence-electron chi connectivity index (χ3n) is 4.39. The van der Waals surface area contributed by atoms with E-state index in [1.165, 1.54) is 38.5 Å². The Morgan fingerprint density at radius 3 is 2.47 bits per heavy atom. The molecule has 2 rings (SSSR count). The molecule has 1 saturated heterocycles. The first-order valence-corrected chi connectivity index (χ1v) is 7.28. The fraction of sp³-hybridized carbons (Fsp3) is 1.00. The SMILES string of the molecule is CC1(C)CCCC(NCC2CCC(C)(C)O2)C1. The molecule has 100 valence electrons. The van der Waals surface area contributed by atoms with E-state index in [4.69, 9.17) is 4.74 Å². The van der Waals surface area contributed by atoms with Crippen LogP contribution in [0.25, 0.3) is 0 Å². The Hall–Kier alpha value is -0.0800. The summed E-state index contributed by atoms with van der Waals surface area (Å²) in [5, 5.41) is 3.73. The Morgan fingerprint density at radius 1 is 1.12 bits per heavy atom. The summed E-state index contributed by atoms with van der Waals surface area (Å²) >= 11 is 0. The first-order valence-electron chi connectivity index (χ1n) is 7.28. The van der Waals surface area contributed by atoms with Gasteiger partial charge in [-0.1, -0.05) is 20.3 Å². The van der Waals surface area contributed by atoms with Gasteiger partial charge in [0.15, 0.2) is 0 Å². The van der Waals surface area contributed by atoms with Crippen LogP contribution in [-0.4, -0.2) is 24.3 Å². The molecule has 2 fully saturated rings. The van der Waals surface area contributed by atoms with Crippen molar-refractivity contribution in [1.82, 2.24) is 5.32 Å². The van der Waals surface area contributed by atoms with E-state index in [9.17, 15) is 0 Å². The second-order valence-electron chi connectivity index (χ2n) is 7.40. The third kappa shape index (κ3) is 3.96. The highest BCUT2D eigenvalue weighted by molar-refractivity contribution is 4.86. The van der Waals surface area contributed by atoms with Crippen LogP contribution in [-0.2, 0) is 4.74 Å². The van der Waals surface area contributed by atoms with Crippen LogP contribution < -0.4 is 5.32 Å². The van der Waals surface area contributed by atoms with Crippen molar-refractivity contribution in [2.24, 2.45) is 5.41 Å². The predicted molar refractivity (Wildman–Crippen MR) is 72.2 cm³/mol. The van der Waals surface area contributed by atoms with Crippen molar-refractivity contribution in [2.45, 2.75) is 84.0 Å². The third-order valence-corrected chi connectivity index (χ3v) is 4.39. The quantitative estimate of drug-likeness (QED) is 0.814. The van der Waals surface area contributed by atoms with Gasteiger partial charge >= 0.3 is 0 Å². The Kier molecular flexibility index (Phi) is 3.84. The van der Waals surface area contributed by atoms with Crippen LogP contribution in [0.3, 0.4) is 0 Å². The molecule has 0 bridgehead atoms. The van der Waals surface area contributed by atoms with Gasteiger partial charge in [-0.3, -0.25) is 0 Å². The molecule has 1 saturated carbocycles. The molecule has 1 heterocycles. The Balaban J connectivity index is 1.72. The van der Waals surface area contributed by atoms with E-state index in [1.54, 1.807) is 0 Å². The van der Waals surface area contributed by atoms with Gasteiger partial charge in [0.2, 0.25) is 0 Å². The highest BCUT2D eigenvalue weighted by atomic mass is 16.5. The molecular weight excluding hydrogens is 210 g/mol. The second-order valence-corrected chi connectivity index (χ2v) is 7.40. The van der Waals surface area contributed by atoms with Crippen LogP contribution in [0.1, 0.15) is 66.2 Å². The molecule has 0 amide bonds. The lowest BCUT2D eigenvalue weighted by molar-refractivity contribution is -0.0162. The Labute approximate surface area is 107 Å². The number of hydrogen-bond donors (Lipinski definition) is 1. The van der Waals surface area contributed by atoms with Crippen molar-refractivity contribution in [3.63, 3.8) is 0 Å². The largest absolute Gasteiger partial charge is 0.371 e. The lowest BCUT2D eigenvalue weighted by Crippen LogP contribution is -2.41. The Morgan fingerprint density at radius 2 is 1.88 bits per heavy atom. The molecule has 1 aliphatic carbocycles. The molecule has 2 aliphatic rings. The summed E-state index contributed by atoms with van der Waals surface area (Å²) in [5.74, 6) is 0. The van der Waals surface area contributed by atoms with Crippen molar-refractivity contribution in [3.8, 4) is 0 Å². The summed E-state index contributed by atoms with van der Waals surface area (Å²) < 4.78 is 6.03. The van der Waals surface area contributed by atoms with Crippen LogP contribution in [0, 0.1) is 5.41 Å². The molecule has 2 unspecified atom stereocenters. The van der Waals surface area contributed by atoms with Crippen molar-refractivity contribution < 1.29 is 4.74 Å². The van der Waals surface area contributed by atoms with Gasteiger partial charge in [-0.2, -0.15) is 0 Å². The average Bonchev–Trinajstić information content (AvgIpc) is 2.54. The summed E-state index contributed by atoms with van der Waals surface area (Å²) in [6.07, 6.45) is 8.30. The fourth-order valence-electron chi connectivity index (χ4n) is 3.39. The van der Waals surface area contributed by atoms with Crippen molar-refractivity contribution in [1.29, 1.82) is 0 Å². The summed E-state index contributed by atoms with van der Waals surface area (Å²) in [7, 11) is 0. The molecule has 2 heteroatoms. The minimum atomic E-state index is 0.109. The van der Waals surface area contributed by atoms with E-state index >= 15 is 0 Å². The molecule has 0 aromatic carbocycles. The lowest BCUT2D eigenvalue weighted by atomic mass is 9.75. The first kappa shape index (κ1) is 13.4. The van der Waals surface area contributed by atoms with Gasteiger partial charge in [-0.05, 0) is 51.4 Å². The zero-order valence-corrected chi connectivity index (χ0v) is 12.0. The predicted octanol–water partition coefficient (Wildman–Crippen LogP) is 3.50. The van der Waals surface area contributed by atoms with Gasteiger partial charge in [0.1, 0.15) is 0 Å². The van der Waals surface area contributed by atoms with E-state index in [2.05, 4.69) is 33.0 Å². The zero-order chi connectivity index (χ0) is 12.5. The van der Waals surface area contributed by atoms with E-state index in [0.717, 1.165) is 6.54 Å². The fourth-order valence-corrected chi connectivity index (χ4v) is 3.39. The zero-order valence-electron chi connectivity index (χ0n) is 12.0. The molecule has 1 aliphatic heterocycles. The van der Waals surface area contributed by atoms with Crippen molar-refractivity contribution in [3.05, 3.63) is 0 Å². The van der Waals surface area contributed by atoms with Crippen LogP contribution in [0.15, 0.2) is 0 Å². The van der Waals surface area contributed by atoms with E-state index < -0.39 is 0 Å². The summed E-state index contributed by atoms with van der Waals surface area (Å²) in [6, 6.07) is 0.714. The van der Waals surface area contributed by atoms with Crippen molar-refractivity contribution in [2.75, 3.05) is 6.54 Å². The van der Waals surface area contributed by atoms with Gasteiger partial charge in [0, 0.05) is 12.6 Å². The van der Waals surface area contributed by atoms with Gasteiger partial charge in [0.05, 0.1) is 11.7 Å². The van der Waals surface area contributed by atoms with Crippen LogP contribution >= 0.6 is 0 Å². The number of hydrogen-bond acceptors (Lipinski definition) is 2. The topological polar surface area (TPSA) is 21.3 Å². The second kappa shape index (κ2) is 4.89. The number of nitrogens with one attached hydrogen (secondary N) is 1. The van der Waals surface area contributed by atoms with Gasteiger partial charge in [-0.15, -0.1) is 0 Å². The number of rotatable bonds is 3. The maximum atomic E-state index is 6.03. The first-order chi connectivity index (χ1) is 7.86. The number of ether oxygens (including phenoxy) is 1.